The number of allylic oxidation sites excluding steroid dienone is 2. The number of rotatable bonds is 1. The Morgan fingerprint density at radius 1 is 1.42 bits per heavy atom. The molecule has 0 saturated carbocycles. The van der Waals surface area contributed by atoms with Crippen molar-refractivity contribution in [2.75, 3.05) is 7.05 Å². The lowest BCUT2D eigenvalue weighted by atomic mass is 10.4. The van der Waals surface area contributed by atoms with E-state index in [-0.39, 0.29) is 11.4 Å². The van der Waals surface area contributed by atoms with E-state index in [1.165, 1.54) is 13.1 Å². The molecule has 0 fully saturated rings. The van der Waals surface area contributed by atoms with Gasteiger partial charge in [-0.05, 0) is 0 Å². The van der Waals surface area contributed by atoms with E-state index in [9.17, 15) is 4.79 Å². The van der Waals surface area contributed by atoms with Crippen LogP contribution in [0.25, 0.3) is 0 Å². The summed E-state index contributed by atoms with van der Waals surface area (Å²) in [6, 6.07) is 2.52. The molecule has 6 heteroatoms. The van der Waals surface area contributed by atoms with Crippen molar-refractivity contribution in [1.82, 2.24) is 10.6 Å². The Hall–Kier alpha value is -2.21. The molecular weight excluding hydrogens is 158 g/mol. The van der Waals surface area contributed by atoms with Crippen molar-refractivity contribution in [3.05, 3.63) is 11.4 Å². The maximum Gasteiger partial charge on any atom is 0.319 e. The molecule has 0 aliphatic rings. The summed E-state index contributed by atoms with van der Waals surface area (Å²) in [5.41, 5.74) is 4.51. The topological polar surface area (TPSA) is 115 Å². The molecule has 0 aromatic carbocycles. The lowest BCUT2D eigenvalue weighted by Gasteiger charge is -2.00. The first-order valence-electron chi connectivity index (χ1n) is 2.94. The first-order valence-corrected chi connectivity index (χ1v) is 2.94. The van der Waals surface area contributed by atoms with Crippen LogP contribution in [0, 0.1) is 22.7 Å². The fraction of sp³-hybridized carbons (Fsp3) is 0.167. The number of hydrogen-bond acceptors (Lipinski definition) is 4. The number of nitriles is 2. The first-order chi connectivity index (χ1) is 5.65. The van der Waals surface area contributed by atoms with Crippen LogP contribution in [0.3, 0.4) is 0 Å². The molecule has 0 radical (unpaired) electrons. The zero-order valence-electron chi connectivity index (χ0n) is 6.38. The van der Waals surface area contributed by atoms with Gasteiger partial charge in [-0.25, -0.2) is 4.79 Å². The number of carbonyl (C=O) groups excluding carboxylic acids is 1. The Morgan fingerprint density at radius 2 is 2.00 bits per heavy atom. The molecule has 0 bridgehead atoms. The zero-order valence-corrected chi connectivity index (χ0v) is 6.38. The third-order valence-electron chi connectivity index (χ3n) is 0.967. The lowest BCUT2D eigenvalue weighted by Crippen LogP contribution is -2.33. The molecule has 0 spiro atoms. The van der Waals surface area contributed by atoms with Crippen molar-refractivity contribution in [2.24, 2.45) is 5.73 Å². The summed E-state index contributed by atoms with van der Waals surface area (Å²) >= 11 is 0. The van der Waals surface area contributed by atoms with Crippen molar-refractivity contribution < 1.29 is 4.79 Å². The van der Waals surface area contributed by atoms with Gasteiger partial charge in [0.25, 0.3) is 0 Å². The van der Waals surface area contributed by atoms with E-state index < -0.39 is 6.03 Å². The van der Waals surface area contributed by atoms with Gasteiger partial charge in [-0.3, -0.25) is 5.32 Å². The molecule has 2 amide bonds. The van der Waals surface area contributed by atoms with Crippen LogP contribution in [0.15, 0.2) is 11.4 Å². The predicted octanol–water partition coefficient (Wildman–Crippen LogP) is -0.867. The Bertz CT molecular complexity index is 292. The third kappa shape index (κ3) is 2.58. The van der Waals surface area contributed by atoms with Gasteiger partial charge < -0.3 is 11.1 Å². The number of nitrogens with one attached hydrogen (secondary N) is 2. The highest BCUT2D eigenvalue weighted by Gasteiger charge is 2.04. The molecule has 0 aliphatic heterocycles. The van der Waals surface area contributed by atoms with Crippen LogP contribution >= 0.6 is 0 Å². The molecule has 0 heterocycles. The maximum absolute atomic E-state index is 10.6. The van der Waals surface area contributed by atoms with E-state index >= 15 is 0 Å². The number of nitrogens with two attached hydrogens (primary N) is 1. The molecule has 0 aromatic heterocycles. The van der Waals surface area contributed by atoms with Gasteiger partial charge in [0.2, 0.25) is 0 Å². The SMILES string of the molecule is CNC(=O)NC(C#N)=C(N)C#N. The summed E-state index contributed by atoms with van der Waals surface area (Å²) in [7, 11) is 1.38. The summed E-state index contributed by atoms with van der Waals surface area (Å²) in [5, 5.41) is 21.0. The summed E-state index contributed by atoms with van der Waals surface area (Å²) in [6.07, 6.45) is 0. The van der Waals surface area contributed by atoms with Crippen LogP contribution in [0.4, 0.5) is 4.79 Å². The van der Waals surface area contributed by atoms with Crippen molar-refractivity contribution >= 4 is 6.03 Å². The Morgan fingerprint density at radius 3 is 2.33 bits per heavy atom. The predicted molar refractivity (Wildman–Crippen MR) is 40.0 cm³/mol. The molecule has 0 saturated heterocycles. The van der Waals surface area contributed by atoms with Crippen molar-refractivity contribution in [3.8, 4) is 12.1 Å². The van der Waals surface area contributed by atoms with Crippen molar-refractivity contribution in [1.29, 1.82) is 10.5 Å². The molecule has 0 unspecified atom stereocenters. The fourth-order valence-electron chi connectivity index (χ4n) is 0.387. The van der Waals surface area contributed by atoms with Gasteiger partial charge >= 0.3 is 6.03 Å². The first kappa shape index (κ1) is 9.79. The van der Waals surface area contributed by atoms with Crippen LogP contribution in [0.2, 0.25) is 0 Å². The van der Waals surface area contributed by atoms with Gasteiger partial charge in [0.1, 0.15) is 17.8 Å². The van der Waals surface area contributed by atoms with Gasteiger partial charge in [-0.1, -0.05) is 0 Å². The van der Waals surface area contributed by atoms with Crippen LogP contribution in [-0.4, -0.2) is 13.1 Å². The quantitative estimate of drug-likeness (QED) is 0.438. The van der Waals surface area contributed by atoms with E-state index in [0.29, 0.717) is 0 Å². The van der Waals surface area contributed by atoms with Crippen LogP contribution < -0.4 is 16.4 Å². The molecule has 4 N–H and O–H groups in total. The second-order valence-corrected chi connectivity index (χ2v) is 1.72. The van der Waals surface area contributed by atoms with Gasteiger partial charge in [0.05, 0.1) is 0 Å². The lowest BCUT2D eigenvalue weighted by molar-refractivity contribution is 0.245. The summed E-state index contributed by atoms with van der Waals surface area (Å²) in [5.74, 6) is 0. The monoisotopic (exact) mass is 165 g/mol. The number of nitrogens with zero attached hydrogens (tertiary/aromatic N) is 2. The van der Waals surface area contributed by atoms with Gasteiger partial charge in [-0.15, -0.1) is 0 Å². The molecule has 0 atom stereocenters. The zero-order chi connectivity index (χ0) is 9.56. The van der Waals surface area contributed by atoms with E-state index in [1.54, 1.807) is 6.07 Å². The highest BCUT2D eigenvalue weighted by Crippen LogP contribution is 1.90. The second kappa shape index (κ2) is 4.58. The highest BCUT2D eigenvalue weighted by atomic mass is 16.2. The van der Waals surface area contributed by atoms with Crippen LogP contribution in [0.1, 0.15) is 0 Å². The Kier molecular flexibility index (Phi) is 3.74. The molecule has 0 rings (SSSR count). The number of amides is 2. The van der Waals surface area contributed by atoms with Crippen LogP contribution in [-0.2, 0) is 0 Å². The average molecular weight is 165 g/mol. The van der Waals surface area contributed by atoms with Crippen molar-refractivity contribution in [3.63, 3.8) is 0 Å². The second-order valence-electron chi connectivity index (χ2n) is 1.72. The summed E-state index contributed by atoms with van der Waals surface area (Å²) < 4.78 is 0. The standard InChI is InChI=1S/C6H7N5O/c1-10-6(12)11-5(3-8)4(9)2-7/h9H2,1H3,(H2,10,11,12). The highest BCUT2D eigenvalue weighted by molar-refractivity contribution is 5.76. The van der Waals surface area contributed by atoms with Gasteiger partial charge in [0, 0.05) is 7.05 Å². The molecule has 6 nitrogen and oxygen atoms in total. The molecular formula is C6H7N5O. The summed E-state index contributed by atoms with van der Waals surface area (Å²) in [4.78, 5) is 10.6. The molecule has 12 heavy (non-hydrogen) atoms. The number of urea groups is 1. The molecule has 0 aliphatic carbocycles. The van der Waals surface area contributed by atoms with Crippen molar-refractivity contribution in [2.45, 2.75) is 0 Å². The van der Waals surface area contributed by atoms with Crippen LogP contribution in [0.5, 0.6) is 0 Å². The minimum atomic E-state index is -0.593. The Labute approximate surface area is 69.3 Å². The van der Waals surface area contributed by atoms with E-state index in [4.69, 9.17) is 16.3 Å². The number of carbonyl (C=O) groups is 1. The third-order valence-corrected chi connectivity index (χ3v) is 0.967. The minimum Gasteiger partial charge on any atom is -0.388 e. The van der Waals surface area contributed by atoms with E-state index in [0.717, 1.165) is 0 Å². The van der Waals surface area contributed by atoms with E-state index in [2.05, 4.69) is 10.6 Å². The molecule has 0 aromatic rings. The summed E-state index contributed by atoms with van der Waals surface area (Å²) in [6.45, 7) is 0. The average Bonchev–Trinajstić information content (AvgIpc) is 2.12. The fourth-order valence-corrected chi connectivity index (χ4v) is 0.387. The normalized spacial score (nSPS) is 10.2. The van der Waals surface area contributed by atoms with Gasteiger partial charge in [0.15, 0.2) is 5.70 Å². The smallest absolute Gasteiger partial charge is 0.319 e. The largest absolute Gasteiger partial charge is 0.388 e. The Balaban J connectivity index is 4.55. The van der Waals surface area contributed by atoms with Gasteiger partial charge in [-0.2, -0.15) is 10.5 Å². The van der Waals surface area contributed by atoms with E-state index in [1.807, 2.05) is 0 Å². The number of hydrogen-bond donors (Lipinski definition) is 3. The minimum absolute atomic E-state index is 0.253. The molecule has 62 valence electrons. The maximum atomic E-state index is 10.6.